The molecule has 15 heteroatoms. The average molecular weight is 932 g/mol. The number of piperidine rings is 1. The number of amides is 1. The van der Waals surface area contributed by atoms with Gasteiger partial charge in [0.25, 0.3) is 11.7 Å². The second-order valence-corrected chi connectivity index (χ2v) is 20.1. The zero-order valence-corrected chi connectivity index (χ0v) is 41.2. The van der Waals surface area contributed by atoms with E-state index < -0.39 is 90.0 Å². The molecule has 1 amide bonds. The minimum atomic E-state index is -2.47. The minimum Gasteiger partial charge on any atom is -0.460 e. The maximum atomic E-state index is 14.4. The Morgan fingerprint density at radius 2 is 1.56 bits per heavy atom. The minimum absolute atomic E-state index is 0.0524. The first-order valence-corrected chi connectivity index (χ1v) is 24.3. The molecule has 4 rings (SSSR count). The number of aliphatic hydroxyl groups excluding tert-OH is 3. The third-order valence-corrected chi connectivity index (χ3v) is 14.8. The van der Waals surface area contributed by atoms with Gasteiger partial charge in [-0.3, -0.25) is 19.2 Å². The lowest BCUT2D eigenvalue weighted by Gasteiger charge is -2.42. The van der Waals surface area contributed by atoms with E-state index in [9.17, 15) is 44.4 Å². The van der Waals surface area contributed by atoms with Crippen LogP contribution in [0.3, 0.4) is 0 Å². The zero-order chi connectivity index (χ0) is 49.0. The fourth-order valence-corrected chi connectivity index (χ4v) is 10.4. The highest BCUT2D eigenvalue weighted by Gasteiger charge is 2.53. The van der Waals surface area contributed by atoms with Crippen molar-refractivity contribution in [3.63, 3.8) is 0 Å². The fraction of sp³-hybridized carbons (Fsp3) is 0.784. The van der Waals surface area contributed by atoms with E-state index in [4.69, 9.17) is 23.7 Å². The molecule has 3 heterocycles. The van der Waals surface area contributed by atoms with Crippen molar-refractivity contribution < 1.29 is 68.1 Å². The standard InChI is InChI=1S/C51H81NO14/c1-29-14-13-15-37(53)25-32(4)42(62-8)27-38-19-17-35(7)51(61,66-38)48(58)49(59)52-21-12-11-16-39(52)50(60)65-43(31(3)24-36-18-20-40(54)44(26-36)63-9)28-41(55)30(2)23-34(6)46(57)47(64-10)45(56)33(5)22-29/h13-14,23,25,29-31,33,35-40,42-44,46-47,53-54,57,61H,11-12,15-22,24,26-28H2,1-10H3/b14-13+,32-25?,34-23+/t29-,30-,31-,33-,35-,36+,37?,38+,39+,40-,42+,43+,44-,46-,47+,51-/m1/s1. The van der Waals surface area contributed by atoms with Gasteiger partial charge >= 0.3 is 5.97 Å². The summed E-state index contributed by atoms with van der Waals surface area (Å²) in [6, 6.07) is -1.16. The predicted molar refractivity (Wildman–Crippen MR) is 247 cm³/mol. The molecule has 66 heavy (non-hydrogen) atoms. The van der Waals surface area contributed by atoms with Crippen LogP contribution in [-0.4, -0.2) is 143 Å². The van der Waals surface area contributed by atoms with Crippen molar-refractivity contribution in [2.24, 2.45) is 35.5 Å². The van der Waals surface area contributed by atoms with Crippen LogP contribution < -0.4 is 0 Å². The van der Waals surface area contributed by atoms with Crippen molar-refractivity contribution in [3.8, 4) is 0 Å². The van der Waals surface area contributed by atoms with Gasteiger partial charge in [-0.1, -0.05) is 58.9 Å². The van der Waals surface area contributed by atoms with Gasteiger partial charge in [-0.05, 0) is 113 Å². The van der Waals surface area contributed by atoms with Crippen LogP contribution in [0.4, 0.5) is 0 Å². The van der Waals surface area contributed by atoms with Gasteiger partial charge in [-0.15, -0.1) is 0 Å². The zero-order valence-electron chi connectivity index (χ0n) is 41.2. The van der Waals surface area contributed by atoms with Crippen LogP contribution in [0.5, 0.6) is 0 Å². The number of esters is 1. The van der Waals surface area contributed by atoms with Crippen LogP contribution in [0.1, 0.15) is 132 Å². The molecule has 0 aromatic rings. The summed E-state index contributed by atoms with van der Waals surface area (Å²) in [7, 11) is 4.44. The largest absolute Gasteiger partial charge is 0.460 e. The molecular weight excluding hydrogens is 851 g/mol. The molecule has 1 saturated carbocycles. The summed E-state index contributed by atoms with van der Waals surface area (Å²) in [5.74, 6) is -8.31. The van der Waals surface area contributed by atoms with Crippen LogP contribution in [-0.2, 0) is 47.7 Å². The molecule has 0 radical (unpaired) electrons. The number of cyclic esters (lactones) is 1. The highest BCUT2D eigenvalue weighted by molar-refractivity contribution is 6.39. The highest BCUT2D eigenvalue weighted by atomic mass is 16.6. The molecular formula is C51H81NO14. The molecule has 16 atom stereocenters. The first kappa shape index (κ1) is 55.4. The Morgan fingerprint density at radius 1 is 0.848 bits per heavy atom. The van der Waals surface area contributed by atoms with E-state index in [1.165, 1.54) is 19.1 Å². The number of fused-ring (bicyclic) bond motifs is 3. The van der Waals surface area contributed by atoms with Crippen molar-refractivity contribution in [1.82, 2.24) is 4.90 Å². The number of methoxy groups -OCH3 is 3. The predicted octanol–water partition coefficient (Wildman–Crippen LogP) is 5.38. The van der Waals surface area contributed by atoms with Gasteiger partial charge < -0.3 is 49.0 Å². The molecule has 1 aliphatic carbocycles. The number of Topliss-reactive ketones (excluding diaryl/α,β-unsaturated/α-hetero) is 3. The smallest absolute Gasteiger partial charge is 0.329 e. The van der Waals surface area contributed by atoms with Gasteiger partial charge in [0.15, 0.2) is 5.78 Å². The summed E-state index contributed by atoms with van der Waals surface area (Å²) in [6.07, 6.45) is 5.92. The van der Waals surface area contributed by atoms with Gasteiger partial charge in [0.2, 0.25) is 5.79 Å². The maximum Gasteiger partial charge on any atom is 0.329 e. The van der Waals surface area contributed by atoms with Gasteiger partial charge in [0.1, 0.15) is 30.1 Å². The third-order valence-electron chi connectivity index (χ3n) is 14.8. The number of nitrogens with zero attached hydrogens (tertiary/aromatic N) is 1. The molecule has 0 aromatic carbocycles. The lowest BCUT2D eigenvalue weighted by molar-refractivity contribution is -0.265. The Labute approximate surface area is 392 Å². The normalized spacial score (nSPS) is 40.1. The SMILES string of the molecule is CO[C@H]1C[C@@H]2CC[C@@H](C)[C@@](O)(O2)C(=O)C(=O)N2CCCC[C@H]2C(=O)O[C@H]([C@H](C)C[C@@H]2CC[C@@H](O)[C@H](OC)C2)CC(=O)[C@H](C)/C=C(\C)[C@@H](O)[C@@H](OC)C(=O)[C@H](C)C[C@H](C)/C=C/CC(O)C=C1C. The highest BCUT2D eigenvalue weighted by Crippen LogP contribution is 2.38. The van der Waals surface area contributed by atoms with Crippen LogP contribution in [0.2, 0.25) is 0 Å². The summed E-state index contributed by atoms with van der Waals surface area (Å²) in [5.41, 5.74) is 1.08. The molecule has 2 bridgehead atoms. The van der Waals surface area contributed by atoms with Crippen molar-refractivity contribution in [2.45, 2.75) is 193 Å². The summed E-state index contributed by atoms with van der Waals surface area (Å²) in [5, 5.41) is 44.8. The summed E-state index contributed by atoms with van der Waals surface area (Å²) < 4.78 is 29.3. The lowest BCUT2D eigenvalue weighted by Crippen LogP contribution is -2.61. The Hall–Kier alpha value is -3.15. The van der Waals surface area contributed by atoms with Gasteiger partial charge in [0.05, 0.1) is 30.5 Å². The summed E-state index contributed by atoms with van der Waals surface area (Å²) in [4.78, 5) is 71.8. The number of hydrogen-bond acceptors (Lipinski definition) is 14. The Bertz CT molecular complexity index is 1740. The van der Waals surface area contributed by atoms with Crippen molar-refractivity contribution in [2.75, 3.05) is 27.9 Å². The molecule has 0 spiro atoms. The van der Waals surface area contributed by atoms with Crippen molar-refractivity contribution >= 4 is 29.2 Å². The van der Waals surface area contributed by atoms with E-state index in [1.54, 1.807) is 47.0 Å². The Morgan fingerprint density at radius 3 is 2.23 bits per heavy atom. The number of hydrogen-bond donors (Lipinski definition) is 4. The Kier molecular flexibility index (Phi) is 21.4. The van der Waals surface area contributed by atoms with E-state index in [2.05, 4.69) is 0 Å². The van der Waals surface area contributed by atoms with Crippen molar-refractivity contribution in [1.29, 1.82) is 0 Å². The molecule has 0 aromatic heterocycles. The number of ketones is 3. The quantitative estimate of drug-likeness (QED) is 0.150. The monoisotopic (exact) mass is 932 g/mol. The van der Waals surface area contributed by atoms with Gasteiger partial charge in [0, 0.05) is 58.5 Å². The molecule has 1 unspecified atom stereocenters. The number of aliphatic hydroxyl groups is 4. The summed E-state index contributed by atoms with van der Waals surface area (Å²) >= 11 is 0. The third kappa shape index (κ3) is 14.4. The second kappa shape index (κ2) is 25.5. The topological polar surface area (TPSA) is 216 Å². The van der Waals surface area contributed by atoms with Crippen molar-refractivity contribution in [3.05, 3.63) is 35.5 Å². The number of ether oxygens (including phenoxy) is 5. The van der Waals surface area contributed by atoms with E-state index in [0.29, 0.717) is 75.4 Å². The first-order valence-electron chi connectivity index (χ1n) is 24.3. The first-order chi connectivity index (χ1) is 31.1. The number of carbonyl (C=O) groups is 5. The average Bonchev–Trinajstić information content (AvgIpc) is 3.28. The van der Waals surface area contributed by atoms with Gasteiger partial charge in [-0.2, -0.15) is 0 Å². The second-order valence-electron chi connectivity index (χ2n) is 20.1. The molecule has 4 aliphatic rings. The Balaban J connectivity index is 1.70. The van der Waals surface area contributed by atoms with E-state index in [1.807, 2.05) is 32.9 Å². The summed E-state index contributed by atoms with van der Waals surface area (Å²) in [6.45, 7) is 12.5. The van der Waals surface area contributed by atoms with E-state index in [-0.39, 0.29) is 61.2 Å². The molecule has 3 fully saturated rings. The molecule has 2 saturated heterocycles. The van der Waals surface area contributed by atoms with Crippen LogP contribution in [0.25, 0.3) is 0 Å². The number of allylic oxidation sites excluding steroid dienone is 2. The lowest BCUT2D eigenvalue weighted by atomic mass is 9.78. The van der Waals surface area contributed by atoms with Crippen LogP contribution in [0.15, 0.2) is 35.5 Å². The maximum absolute atomic E-state index is 14.4. The molecule has 3 aliphatic heterocycles. The van der Waals surface area contributed by atoms with Gasteiger partial charge in [-0.25, -0.2) is 4.79 Å². The molecule has 4 N–H and O–H groups in total. The van der Waals surface area contributed by atoms with E-state index in [0.717, 1.165) is 0 Å². The number of carbonyl (C=O) groups excluding carboxylic acids is 5. The van der Waals surface area contributed by atoms with Crippen LogP contribution in [0, 0.1) is 35.5 Å². The molecule has 15 nitrogen and oxygen atoms in total. The van der Waals surface area contributed by atoms with Crippen LogP contribution >= 0.6 is 0 Å². The number of rotatable bonds is 6. The molecule has 374 valence electrons. The van der Waals surface area contributed by atoms with E-state index >= 15 is 0 Å². The fourth-order valence-electron chi connectivity index (χ4n) is 10.4.